The lowest BCUT2D eigenvalue weighted by Gasteiger charge is -2.35. The van der Waals surface area contributed by atoms with Crippen LogP contribution in [0.5, 0.6) is 5.75 Å². The van der Waals surface area contributed by atoms with Gasteiger partial charge in [-0.1, -0.05) is 52.0 Å². The van der Waals surface area contributed by atoms with Gasteiger partial charge in [-0.2, -0.15) is 0 Å². The fourth-order valence-corrected chi connectivity index (χ4v) is 6.46. The van der Waals surface area contributed by atoms with Crippen LogP contribution in [0.4, 0.5) is 5.69 Å². The molecule has 2 aromatic carbocycles. The Balaban J connectivity index is 1.53. The van der Waals surface area contributed by atoms with Crippen molar-refractivity contribution in [2.24, 2.45) is 11.3 Å². The second kappa shape index (κ2) is 12.7. The van der Waals surface area contributed by atoms with E-state index in [-0.39, 0.29) is 5.66 Å². The molecule has 0 aromatic heterocycles. The molecule has 36 heavy (non-hydrogen) atoms. The molecule has 5 heteroatoms. The highest BCUT2D eigenvalue weighted by Gasteiger charge is 2.25. The summed E-state index contributed by atoms with van der Waals surface area (Å²) >= 11 is 0. The van der Waals surface area contributed by atoms with Crippen molar-refractivity contribution < 1.29 is 14.2 Å². The number of rotatable bonds is 11. The zero-order chi connectivity index (χ0) is 26.3. The van der Waals surface area contributed by atoms with Crippen molar-refractivity contribution in [2.45, 2.75) is 85.2 Å². The molecule has 2 aromatic rings. The quantitative estimate of drug-likeness (QED) is 0.311. The fourth-order valence-electron chi connectivity index (χ4n) is 5.23. The minimum atomic E-state index is -3.09. The summed E-state index contributed by atoms with van der Waals surface area (Å²) in [5, 5.41) is 0. The molecule has 1 unspecified atom stereocenters. The van der Waals surface area contributed by atoms with E-state index in [1.54, 1.807) is 0 Å². The van der Waals surface area contributed by atoms with E-state index in [1.165, 1.54) is 36.3 Å². The van der Waals surface area contributed by atoms with Crippen molar-refractivity contribution in [2.75, 3.05) is 31.3 Å². The molecular weight excluding hydrogens is 465 g/mol. The lowest BCUT2D eigenvalue weighted by molar-refractivity contribution is 0.222. The molecule has 4 nitrogen and oxygen atoms in total. The molecule has 1 fully saturated rings. The number of anilines is 1. The van der Waals surface area contributed by atoms with Crippen LogP contribution in [0.1, 0.15) is 76.5 Å². The summed E-state index contributed by atoms with van der Waals surface area (Å²) in [4.78, 5) is 12.6. The molecule has 1 heterocycles. The van der Waals surface area contributed by atoms with E-state index in [9.17, 15) is 9.46 Å². The van der Waals surface area contributed by atoms with E-state index >= 15 is 0 Å². The summed E-state index contributed by atoms with van der Waals surface area (Å²) in [6.07, 6.45) is 7.22. The van der Waals surface area contributed by atoms with Crippen LogP contribution in [0.3, 0.4) is 0 Å². The Kier molecular flexibility index (Phi) is 10.1. The Morgan fingerprint density at radius 3 is 2.50 bits per heavy atom. The molecule has 1 N–H and O–H groups in total. The van der Waals surface area contributed by atoms with Gasteiger partial charge in [0, 0.05) is 31.1 Å². The summed E-state index contributed by atoms with van der Waals surface area (Å²) in [6, 6.07) is 15.0. The minimum Gasteiger partial charge on any atom is -0.493 e. The van der Waals surface area contributed by atoms with Gasteiger partial charge in [0.25, 0.3) is 0 Å². The Morgan fingerprint density at radius 1 is 1.14 bits per heavy atom. The van der Waals surface area contributed by atoms with Crippen molar-refractivity contribution in [3.63, 3.8) is 0 Å². The highest BCUT2D eigenvalue weighted by Crippen LogP contribution is 2.45. The average Bonchev–Trinajstić information content (AvgIpc) is 2.81. The number of hydrogen-bond acceptors (Lipinski definition) is 3. The number of ether oxygens (including phenoxy) is 1. The summed E-state index contributed by atoms with van der Waals surface area (Å²) in [7, 11) is -3.09. The van der Waals surface area contributed by atoms with Crippen molar-refractivity contribution in [3.8, 4) is 5.75 Å². The van der Waals surface area contributed by atoms with Gasteiger partial charge < -0.3 is 14.5 Å². The third-order valence-corrected chi connectivity index (χ3v) is 9.48. The molecule has 0 saturated carbocycles. The first-order chi connectivity index (χ1) is 16.9. The van der Waals surface area contributed by atoms with Gasteiger partial charge in [0.15, 0.2) is 0 Å². The standard InChI is InChI=1S/C31H48NO3P/c1-7-29(36(6,33)34)22-26-10-8-12-28(21-26)35-23-25-15-18-32(19-16-25)30-20-24(2)13-14-27(30)11-9-17-31(3,4)5/h8,10,12-14,20-21,25,29H,7,9,11,15-19,22-23H2,1-6H3,(H,33,34)/t29-/m1/s1. The van der Waals surface area contributed by atoms with Gasteiger partial charge in [0.2, 0.25) is 7.37 Å². The number of piperidine rings is 1. The molecule has 0 amide bonds. The summed E-state index contributed by atoms with van der Waals surface area (Å²) in [5.74, 6) is 1.42. The minimum absolute atomic E-state index is 0.197. The van der Waals surface area contributed by atoms with Crippen LogP contribution in [-0.2, 0) is 17.4 Å². The van der Waals surface area contributed by atoms with Gasteiger partial charge in [0.1, 0.15) is 5.75 Å². The molecule has 1 aliphatic heterocycles. The van der Waals surface area contributed by atoms with Crippen LogP contribution in [0.25, 0.3) is 0 Å². The van der Waals surface area contributed by atoms with E-state index in [1.807, 2.05) is 31.2 Å². The molecule has 1 saturated heterocycles. The van der Waals surface area contributed by atoms with Crippen LogP contribution in [0.15, 0.2) is 42.5 Å². The number of benzene rings is 2. The largest absolute Gasteiger partial charge is 0.493 e. The summed E-state index contributed by atoms with van der Waals surface area (Å²) in [5.41, 5.74) is 5.51. The number of nitrogens with zero attached hydrogens (tertiary/aromatic N) is 1. The SMILES string of the molecule is CC[C@H](Cc1cccc(OCC2CCN(c3cc(C)ccc3CCCC(C)(C)C)CC2)c1)P(C)(=O)O. The molecule has 0 bridgehead atoms. The number of aryl methyl sites for hydroxylation is 2. The first-order valence-corrected chi connectivity index (χ1v) is 16.0. The second-order valence-corrected chi connectivity index (χ2v) is 14.8. The fraction of sp³-hybridized carbons (Fsp3) is 0.613. The second-order valence-electron chi connectivity index (χ2n) is 12.1. The van der Waals surface area contributed by atoms with E-state index < -0.39 is 7.37 Å². The third kappa shape index (κ3) is 8.96. The van der Waals surface area contributed by atoms with E-state index in [0.29, 0.717) is 24.2 Å². The van der Waals surface area contributed by atoms with Gasteiger partial charge in [0.05, 0.1) is 6.61 Å². The first kappa shape index (κ1) is 28.8. The topological polar surface area (TPSA) is 49.8 Å². The first-order valence-electron chi connectivity index (χ1n) is 13.8. The lowest BCUT2D eigenvalue weighted by Crippen LogP contribution is -2.36. The van der Waals surface area contributed by atoms with Gasteiger partial charge in [-0.3, -0.25) is 4.57 Å². The van der Waals surface area contributed by atoms with Gasteiger partial charge in [-0.25, -0.2) is 0 Å². The summed E-state index contributed by atoms with van der Waals surface area (Å²) < 4.78 is 18.4. The van der Waals surface area contributed by atoms with Crippen LogP contribution in [0, 0.1) is 18.3 Å². The molecular formula is C31H48NO3P. The third-order valence-electron chi connectivity index (χ3n) is 7.57. The van der Waals surface area contributed by atoms with Crippen LogP contribution >= 0.6 is 7.37 Å². The monoisotopic (exact) mass is 513 g/mol. The molecule has 0 radical (unpaired) electrons. The van der Waals surface area contributed by atoms with E-state index in [2.05, 4.69) is 50.8 Å². The zero-order valence-electron chi connectivity index (χ0n) is 23.4. The average molecular weight is 514 g/mol. The Labute approximate surface area is 219 Å². The Morgan fingerprint density at radius 2 is 1.86 bits per heavy atom. The molecule has 2 atom stereocenters. The summed E-state index contributed by atoms with van der Waals surface area (Å²) in [6.45, 7) is 15.5. The predicted octanol–water partition coefficient (Wildman–Crippen LogP) is 7.88. The van der Waals surface area contributed by atoms with Crippen molar-refractivity contribution in [1.29, 1.82) is 0 Å². The zero-order valence-corrected chi connectivity index (χ0v) is 24.3. The van der Waals surface area contributed by atoms with Gasteiger partial charge >= 0.3 is 0 Å². The van der Waals surface area contributed by atoms with Crippen LogP contribution in [0.2, 0.25) is 0 Å². The van der Waals surface area contributed by atoms with Crippen molar-refractivity contribution in [3.05, 3.63) is 59.2 Å². The maximum absolute atomic E-state index is 12.1. The van der Waals surface area contributed by atoms with Crippen molar-refractivity contribution in [1.82, 2.24) is 0 Å². The molecule has 0 aliphatic carbocycles. The molecule has 200 valence electrons. The molecule has 3 rings (SSSR count). The highest BCUT2D eigenvalue weighted by molar-refractivity contribution is 7.57. The van der Waals surface area contributed by atoms with Gasteiger partial charge in [-0.15, -0.1) is 0 Å². The Bertz CT molecular complexity index is 1010. The molecule has 0 spiro atoms. The van der Waals surface area contributed by atoms with Crippen LogP contribution in [-0.4, -0.2) is 36.9 Å². The Hall–Kier alpha value is -1.77. The van der Waals surface area contributed by atoms with E-state index in [4.69, 9.17) is 4.74 Å². The smallest absolute Gasteiger partial charge is 0.200 e. The van der Waals surface area contributed by atoms with Gasteiger partial charge in [-0.05, 0) is 98.1 Å². The predicted molar refractivity (Wildman–Crippen MR) is 154 cm³/mol. The lowest BCUT2D eigenvalue weighted by atomic mass is 9.88. The maximum atomic E-state index is 12.1. The maximum Gasteiger partial charge on any atom is 0.200 e. The van der Waals surface area contributed by atoms with Crippen LogP contribution < -0.4 is 9.64 Å². The van der Waals surface area contributed by atoms with E-state index in [0.717, 1.165) is 50.3 Å². The molecule has 1 aliphatic rings. The van der Waals surface area contributed by atoms with Crippen molar-refractivity contribution >= 4 is 13.1 Å². The number of hydrogen-bond donors (Lipinski definition) is 1. The highest BCUT2D eigenvalue weighted by atomic mass is 31.2. The normalized spacial score (nSPS) is 17.6.